The molecule has 36 heavy (non-hydrogen) atoms. The van der Waals surface area contributed by atoms with E-state index >= 15 is 0 Å². The number of fused-ring (bicyclic) bond motifs is 1. The minimum Gasteiger partial charge on any atom is -0.489 e. The lowest BCUT2D eigenvalue weighted by Gasteiger charge is -2.13. The van der Waals surface area contributed by atoms with Gasteiger partial charge in [0.2, 0.25) is 0 Å². The van der Waals surface area contributed by atoms with E-state index in [1.807, 2.05) is 88.5 Å². The van der Waals surface area contributed by atoms with Crippen LogP contribution < -0.4 is 10.5 Å². The molecule has 2 heterocycles. The van der Waals surface area contributed by atoms with Crippen molar-refractivity contribution < 1.29 is 4.74 Å². The first-order valence-corrected chi connectivity index (χ1v) is 12.4. The van der Waals surface area contributed by atoms with Crippen LogP contribution in [0.25, 0.3) is 33.3 Å². The molecule has 0 saturated heterocycles. The van der Waals surface area contributed by atoms with E-state index in [2.05, 4.69) is 41.2 Å². The molecule has 0 aliphatic carbocycles. The molecule has 0 atom stereocenters. The van der Waals surface area contributed by atoms with Gasteiger partial charge in [-0.25, -0.2) is 9.97 Å². The molecule has 0 saturated carbocycles. The van der Waals surface area contributed by atoms with E-state index in [0.717, 1.165) is 50.2 Å². The van der Waals surface area contributed by atoms with Crippen molar-refractivity contribution in [2.75, 3.05) is 5.73 Å². The van der Waals surface area contributed by atoms with Gasteiger partial charge in [-0.15, -0.1) is 0 Å². The Morgan fingerprint density at radius 2 is 1.53 bits per heavy atom. The molecule has 3 aromatic carbocycles. The van der Waals surface area contributed by atoms with Crippen LogP contribution in [0.1, 0.15) is 38.8 Å². The lowest BCUT2D eigenvalue weighted by Crippen LogP contribution is -1.97. The maximum atomic E-state index is 6.09. The quantitative estimate of drug-likeness (QED) is 0.278. The second-order valence-corrected chi connectivity index (χ2v) is 7.70. The molecule has 0 amide bonds. The Morgan fingerprint density at radius 3 is 2.31 bits per heavy atom. The zero-order valence-corrected chi connectivity index (χ0v) is 21.7. The van der Waals surface area contributed by atoms with Gasteiger partial charge in [0.05, 0.1) is 11.2 Å². The van der Waals surface area contributed by atoms with E-state index in [1.54, 1.807) is 0 Å². The van der Waals surface area contributed by atoms with Gasteiger partial charge in [0.25, 0.3) is 0 Å². The zero-order valence-electron chi connectivity index (χ0n) is 21.7. The fourth-order valence-electron chi connectivity index (χ4n) is 3.82. The molecule has 5 nitrogen and oxygen atoms in total. The van der Waals surface area contributed by atoms with Gasteiger partial charge in [0, 0.05) is 22.7 Å². The number of aryl methyl sites for hydroxylation is 1. The Morgan fingerprint density at radius 1 is 0.750 bits per heavy atom. The zero-order chi connectivity index (χ0) is 25.9. The number of nitrogens with two attached hydrogens (primary N) is 1. The lowest BCUT2D eigenvalue weighted by atomic mass is 9.97. The van der Waals surface area contributed by atoms with E-state index in [-0.39, 0.29) is 0 Å². The minimum absolute atomic E-state index is 0.467. The summed E-state index contributed by atoms with van der Waals surface area (Å²) in [7, 11) is 0. The highest BCUT2D eigenvalue weighted by atomic mass is 16.5. The first-order valence-electron chi connectivity index (χ1n) is 12.4. The van der Waals surface area contributed by atoms with Crippen LogP contribution in [0.4, 0.5) is 5.82 Å². The molecular formula is C31H34N4O. The normalized spacial score (nSPS) is 10.0. The van der Waals surface area contributed by atoms with Crippen molar-refractivity contribution in [1.29, 1.82) is 0 Å². The number of hydrogen-bond acceptors (Lipinski definition) is 5. The monoisotopic (exact) mass is 478 g/mol. The molecule has 0 aliphatic rings. The van der Waals surface area contributed by atoms with Gasteiger partial charge in [-0.1, -0.05) is 70.2 Å². The molecule has 184 valence electrons. The highest BCUT2D eigenvalue weighted by molar-refractivity contribution is 5.93. The molecule has 5 aromatic rings. The van der Waals surface area contributed by atoms with Gasteiger partial charge >= 0.3 is 0 Å². The van der Waals surface area contributed by atoms with Crippen molar-refractivity contribution in [1.82, 2.24) is 15.0 Å². The van der Waals surface area contributed by atoms with Gasteiger partial charge in [0.15, 0.2) is 0 Å². The molecule has 5 rings (SSSR count). The Kier molecular flexibility index (Phi) is 9.52. The summed E-state index contributed by atoms with van der Waals surface area (Å²) < 4.78 is 6.09. The van der Waals surface area contributed by atoms with Crippen LogP contribution in [0, 0.1) is 6.92 Å². The fraction of sp³-hybridized carbons (Fsp3) is 0.194. The smallest absolute Gasteiger partial charge is 0.134 e. The summed E-state index contributed by atoms with van der Waals surface area (Å²) in [4.78, 5) is 13.1. The van der Waals surface area contributed by atoms with Crippen molar-refractivity contribution in [3.63, 3.8) is 0 Å². The number of benzene rings is 3. The Hall–Kier alpha value is -4.25. The highest BCUT2D eigenvalue weighted by Crippen LogP contribution is 2.34. The topological polar surface area (TPSA) is 73.9 Å². The van der Waals surface area contributed by atoms with E-state index in [9.17, 15) is 0 Å². The average Bonchev–Trinajstić information content (AvgIpc) is 2.94. The van der Waals surface area contributed by atoms with Crippen molar-refractivity contribution >= 4 is 16.7 Å². The number of nitrogens with zero attached hydrogens (tertiary/aromatic N) is 3. The molecule has 0 radical (unpaired) electrons. The summed E-state index contributed by atoms with van der Waals surface area (Å²) in [5.74, 6) is 1.28. The number of aromatic nitrogens is 3. The molecule has 0 spiro atoms. The Bertz CT molecular complexity index is 1400. The van der Waals surface area contributed by atoms with Gasteiger partial charge in [-0.05, 0) is 60.0 Å². The van der Waals surface area contributed by atoms with Crippen LogP contribution >= 0.6 is 0 Å². The number of hydrogen-bond donors (Lipinski definition) is 1. The van der Waals surface area contributed by atoms with Gasteiger partial charge in [-0.2, -0.15) is 0 Å². The molecule has 2 N–H and O–H groups in total. The number of pyridine rings is 1. The summed E-state index contributed by atoms with van der Waals surface area (Å²) in [5.41, 5.74) is 13.1. The molecule has 0 bridgehead atoms. The van der Waals surface area contributed by atoms with Gasteiger partial charge in [0.1, 0.15) is 24.5 Å². The van der Waals surface area contributed by atoms with E-state index in [1.165, 1.54) is 6.33 Å². The highest BCUT2D eigenvalue weighted by Gasteiger charge is 2.12. The maximum Gasteiger partial charge on any atom is 0.134 e. The molecule has 2 aromatic heterocycles. The molecule has 0 fully saturated rings. The third-order valence-corrected chi connectivity index (χ3v) is 5.36. The molecule has 0 unspecified atom stereocenters. The second-order valence-electron chi connectivity index (χ2n) is 7.70. The van der Waals surface area contributed by atoms with Gasteiger partial charge < -0.3 is 10.5 Å². The van der Waals surface area contributed by atoms with E-state index in [4.69, 9.17) is 15.5 Å². The Labute approximate surface area is 214 Å². The number of nitrogen functional groups attached to an aromatic ring is 1. The summed E-state index contributed by atoms with van der Waals surface area (Å²) in [6.07, 6.45) is 3.29. The SMILES string of the molecule is CC.CC.Cc1cc(OCc2ccccc2)cc(-c2ncccc2-c2ccc3ncnc(N)c3c2)c1. The van der Waals surface area contributed by atoms with Crippen molar-refractivity contribution in [2.45, 2.75) is 41.2 Å². The first kappa shape index (κ1) is 26.4. The summed E-state index contributed by atoms with van der Waals surface area (Å²) in [5, 5.41) is 0.830. The predicted octanol–water partition coefficient (Wildman–Crippen LogP) is 7.88. The second kappa shape index (κ2) is 13.0. The largest absolute Gasteiger partial charge is 0.489 e. The standard InChI is InChI=1S/C27H22N4O.2C2H6/c1-18-12-21(14-22(13-18)32-16-19-6-3-2-4-7-19)26-23(8-5-11-29-26)20-9-10-25-24(15-20)27(28)31-17-30-25;2*1-2/h2-15,17H,16H2,1H3,(H2,28,30,31);2*1-2H3. The molecule has 0 aliphatic heterocycles. The third-order valence-electron chi connectivity index (χ3n) is 5.36. The maximum absolute atomic E-state index is 6.09. The van der Waals surface area contributed by atoms with Crippen LogP contribution in [0.15, 0.2) is 91.4 Å². The van der Waals surface area contributed by atoms with E-state index < -0.39 is 0 Å². The lowest BCUT2D eigenvalue weighted by molar-refractivity contribution is 0.306. The van der Waals surface area contributed by atoms with Crippen LogP contribution in [0.5, 0.6) is 5.75 Å². The number of rotatable bonds is 5. The number of ether oxygens (including phenoxy) is 1. The molecular weight excluding hydrogens is 444 g/mol. The van der Waals surface area contributed by atoms with Crippen LogP contribution in [0.2, 0.25) is 0 Å². The summed E-state index contributed by atoms with van der Waals surface area (Å²) >= 11 is 0. The number of anilines is 1. The van der Waals surface area contributed by atoms with Crippen molar-refractivity contribution in [2.24, 2.45) is 0 Å². The van der Waals surface area contributed by atoms with Crippen LogP contribution in [0.3, 0.4) is 0 Å². The van der Waals surface area contributed by atoms with Crippen LogP contribution in [-0.2, 0) is 6.61 Å². The van der Waals surface area contributed by atoms with Crippen molar-refractivity contribution in [3.05, 3.63) is 103 Å². The Balaban J connectivity index is 0.000000861. The summed E-state index contributed by atoms with van der Waals surface area (Å²) in [6, 6.07) is 26.4. The minimum atomic E-state index is 0.467. The van der Waals surface area contributed by atoms with E-state index in [0.29, 0.717) is 12.4 Å². The van der Waals surface area contributed by atoms with Crippen LogP contribution in [-0.4, -0.2) is 15.0 Å². The fourth-order valence-corrected chi connectivity index (χ4v) is 3.82. The summed E-state index contributed by atoms with van der Waals surface area (Å²) in [6.45, 7) is 10.6. The molecule has 5 heteroatoms. The van der Waals surface area contributed by atoms with Crippen molar-refractivity contribution in [3.8, 4) is 28.1 Å². The predicted molar refractivity (Wildman–Crippen MR) is 151 cm³/mol. The first-order chi connectivity index (χ1) is 17.7. The average molecular weight is 479 g/mol. The third kappa shape index (κ3) is 6.25. The van der Waals surface area contributed by atoms with Gasteiger partial charge in [-0.3, -0.25) is 4.98 Å².